The van der Waals surface area contributed by atoms with Gasteiger partial charge in [0, 0.05) is 5.92 Å². The molecule has 2 aromatic rings. The molecule has 1 fully saturated rings. The van der Waals surface area contributed by atoms with Crippen molar-refractivity contribution in [3.05, 3.63) is 10.7 Å². The summed E-state index contributed by atoms with van der Waals surface area (Å²) >= 11 is 3.20. The van der Waals surface area contributed by atoms with Crippen LogP contribution in [0.25, 0.3) is 9.88 Å². The number of nitrogens with zero attached hydrogens (tertiary/aromatic N) is 3. The van der Waals surface area contributed by atoms with Gasteiger partial charge in [-0.3, -0.25) is 0 Å². The third-order valence-corrected chi connectivity index (χ3v) is 4.78. The maximum Gasteiger partial charge on any atom is 0.203 e. The smallest absolute Gasteiger partial charge is 0.203 e. The number of nitrogen functional groups attached to an aromatic ring is 1. The number of hydrogen-bond acceptors (Lipinski definition) is 6. The van der Waals surface area contributed by atoms with E-state index in [9.17, 15) is 0 Å². The molecule has 4 nitrogen and oxygen atoms in total. The molecule has 0 atom stereocenters. The molecule has 1 aliphatic rings. The van der Waals surface area contributed by atoms with Gasteiger partial charge in [0.2, 0.25) is 5.13 Å². The van der Waals surface area contributed by atoms with Crippen LogP contribution in [0.15, 0.2) is 0 Å². The lowest BCUT2D eigenvalue weighted by molar-refractivity contribution is 0.995. The highest BCUT2D eigenvalue weighted by atomic mass is 32.1. The summed E-state index contributed by atoms with van der Waals surface area (Å²) in [5, 5.41) is 10.7. The molecule has 16 heavy (non-hydrogen) atoms. The van der Waals surface area contributed by atoms with Crippen LogP contribution in [0.1, 0.15) is 36.4 Å². The van der Waals surface area contributed by atoms with E-state index in [2.05, 4.69) is 17.1 Å². The second-order valence-corrected chi connectivity index (χ2v) is 5.94. The maximum atomic E-state index is 5.62. The number of thiazole rings is 1. The molecule has 84 valence electrons. The molecule has 1 aliphatic carbocycles. The van der Waals surface area contributed by atoms with Crippen molar-refractivity contribution in [3.8, 4) is 9.88 Å². The zero-order valence-electron chi connectivity index (χ0n) is 8.93. The summed E-state index contributed by atoms with van der Waals surface area (Å²) in [7, 11) is 0. The Balaban J connectivity index is 2.04. The van der Waals surface area contributed by atoms with E-state index >= 15 is 0 Å². The summed E-state index contributed by atoms with van der Waals surface area (Å²) in [4.78, 5) is 5.86. The molecular formula is C10H12N4S2. The Morgan fingerprint density at radius 3 is 2.69 bits per heavy atom. The van der Waals surface area contributed by atoms with E-state index in [0.717, 1.165) is 17.1 Å². The molecule has 2 N–H and O–H groups in total. The van der Waals surface area contributed by atoms with Gasteiger partial charge in [0.25, 0.3) is 0 Å². The van der Waals surface area contributed by atoms with Crippen molar-refractivity contribution in [2.45, 2.75) is 32.1 Å². The van der Waals surface area contributed by atoms with Crippen molar-refractivity contribution in [3.63, 3.8) is 0 Å². The molecular weight excluding hydrogens is 240 g/mol. The van der Waals surface area contributed by atoms with Crippen LogP contribution in [0.4, 0.5) is 5.13 Å². The van der Waals surface area contributed by atoms with E-state index in [-0.39, 0.29) is 0 Å². The minimum atomic E-state index is 0.526. The highest BCUT2D eigenvalue weighted by Gasteiger charge is 2.28. The summed E-state index contributed by atoms with van der Waals surface area (Å²) in [6.07, 6.45) is 3.51. The average molecular weight is 252 g/mol. The van der Waals surface area contributed by atoms with Gasteiger partial charge in [-0.05, 0) is 19.3 Å². The first-order chi connectivity index (χ1) is 7.78. The molecule has 0 spiro atoms. The molecule has 1 saturated carbocycles. The fourth-order valence-electron chi connectivity index (χ4n) is 1.61. The molecule has 6 heteroatoms. The number of aryl methyl sites for hydroxylation is 1. The highest BCUT2D eigenvalue weighted by Crippen LogP contribution is 2.45. The van der Waals surface area contributed by atoms with Crippen LogP contribution in [0, 0.1) is 0 Å². The average Bonchev–Trinajstić information content (AvgIpc) is 2.89. The van der Waals surface area contributed by atoms with Crippen molar-refractivity contribution in [1.82, 2.24) is 15.2 Å². The molecule has 0 bridgehead atoms. The lowest BCUT2D eigenvalue weighted by atomic mass is 10.3. The first kappa shape index (κ1) is 10.2. The number of hydrogen-bond donors (Lipinski definition) is 1. The molecule has 0 aliphatic heterocycles. The first-order valence-electron chi connectivity index (χ1n) is 5.37. The molecule has 3 rings (SSSR count). The van der Waals surface area contributed by atoms with E-state index in [1.54, 1.807) is 11.3 Å². The minimum Gasteiger partial charge on any atom is -0.374 e. The zero-order chi connectivity index (χ0) is 11.1. The predicted octanol–water partition coefficient (Wildman–Crippen LogP) is 2.68. The summed E-state index contributed by atoms with van der Waals surface area (Å²) in [6.45, 7) is 2.12. The Bertz CT molecular complexity index is 513. The molecule has 0 amide bonds. The molecule has 2 heterocycles. The Labute approximate surface area is 102 Å². The second-order valence-electron chi connectivity index (χ2n) is 3.90. The third kappa shape index (κ3) is 1.72. The molecule has 0 aromatic carbocycles. The van der Waals surface area contributed by atoms with Gasteiger partial charge >= 0.3 is 0 Å². The van der Waals surface area contributed by atoms with Crippen LogP contribution in [0.2, 0.25) is 0 Å². The predicted molar refractivity (Wildman–Crippen MR) is 66.8 cm³/mol. The van der Waals surface area contributed by atoms with Crippen LogP contribution in [0.3, 0.4) is 0 Å². The number of rotatable bonds is 3. The van der Waals surface area contributed by atoms with Crippen molar-refractivity contribution in [1.29, 1.82) is 0 Å². The second kappa shape index (κ2) is 3.78. The lowest BCUT2D eigenvalue weighted by Crippen LogP contribution is -1.84. The van der Waals surface area contributed by atoms with Gasteiger partial charge in [0.15, 0.2) is 5.01 Å². The Kier molecular flexibility index (Phi) is 2.40. The summed E-state index contributed by atoms with van der Waals surface area (Å²) in [6, 6.07) is 0. The minimum absolute atomic E-state index is 0.526. The fourth-order valence-corrected chi connectivity index (χ4v) is 3.63. The van der Waals surface area contributed by atoms with Gasteiger partial charge in [-0.15, -0.1) is 21.5 Å². The summed E-state index contributed by atoms with van der Waals surface area (Å²) in [5.74, 6) is 0.703. The van der Waals surface area contributed by atoms with Crippen LogP contribution >= 0.6 is 22.7 Å². The largest absolute Gasteiger partial charge is 0.374 e. The fraction of sp³-hybridized carbons (Fsp3) is 0.500. The molecule has 2 aromatic heterocycles. The number of nitrogens with two attached hydrogens (primary N) is 1. The van der Waals surface area contributed by atoms with Crippen LogP contribution in [-0.4, -0.2) is 15.2 Å². The maximum absolute atomic E-state index is 5.62. The van der Waals surface area contributed by atoms with E-state index in [4.69, 9.17) is 10.7 Å². The van der Waals surface area contributed by atoms with Crippen LogP contribution < -0.4 is 5.73 Å². The van der Waals surface area contributed by atoms with E-state index in [1.165, 1.54) is 34.1 Å². The molecule has 0 radical (unpaired) electrons. The van der Waals surface area contributed by atoms with Gasteiger partial charge < -0.3 is 5.73 Å². The van der Waals surface area contributed by atoms with Gasteiger partial charge in [-0.1, -0.05) is 18.3 Å². The van der Waals surface area contributed by atoms with E-state index in [0.29, 0.717) is 11.0 Å². The Morgan fingerprint density at radius 1 is 1.31 bits per heavy atom. The van der Waals surface area contributed by atoms with Crippen molar-refractivity contribution < 1.29 is 0 Å². The number of anilines is 1. The summed E-state index contributed by atoms with van der Waals surface area (Å²) in [5.41, 5.74) is 6.76. The SMILES string of the molecule is CCc1nc(C2CC2)sc1-c1nnc(N)s1. The van der Waals surface area contributed by atoms with Gasteiger partial charge in [0.05, 0.1) is 15.6 Å². The lowest BCUT2D eigenvalue weighted by Gasteiger charge is -1.91. The third-order valence-electron chi connectivity index (χ3n) is 2.61. The van der Waals surface area contributed by atoms with Crippen molar-refractivity contribution in [2.24, 2.45) is 0 Å². The number of aromatic nitrogens is 3. The monoisotopic (exact) mass is 252 g/mol. The van der Waals surface area contributed by atoms with E-state index in [1.807, 2.05) is 0 Å². The topological polar surface area (TPSA) is 64.7 Å². The normalized spacial score (nSPS) is 15.6. The quantitative estimate of drug-likeness (QED) is 0.912. The first-order valence-corrected chi connectivity index (χ1v) is 7.00. The van der Waals surface area contributed by atoms with E-state index < -0.39 is 0 Å². The van der Waals surface area contributed by atoms with Gasteiger partial charge in [0.1, 0.15) is 0 Å². The molecule has 0 saturated heterocycles. The van der Waals surface area contributed by atoms with Crippen molar-refractivity contribution >= 4 is 27.8 Å². The van der Waals surface area contributed by atoms with Gasteiger partial charge in [-0.25, -0.2) is 4.98 Å². The molecule has 0 unspecified atom stereocenters. The zero-order valence-corrected chi connectivity index (χ0v) is 10.6. The van der Waals surface area contributed by atoms with Crippen LogP contribution in [0.5, 0.6) is 0 Å². The summed E-state index contributed by atoms with van der Waals surface area (Å²) < 4.78 is 0. The standard InChI is InChI=1S/C10H12N4S2/c1-2-6-7(9-13-14-10(11)16-9)15-8(12-6)5-3-4-5/h5H,2-4H2,1H3,(H2,11,14). The van der Waals surface area contributed by atoms with Crippen molar-refractivity contribution in [2.75, 3.05) is 5.73 Å². The Hall–Kier alpha value is -1.01. The Morgan fingerprint density at radius 2 is 2.12 bits per heavy atom. The van der Waals surface area contributed by atoms with Gasteiger partial charge in [-0.2, -0.15) is 0 Å². The van der Waals surface area contributed by atoms with Crippen LogP contribution in [-0.2, 0) is 6.42 Å². The highest BCUT2D eigenvalue weighted by molar-refractivity contribution is 7.23.